The second-order valence-corrected chi connectivity index (χ2v) is 7.86. The maximum atomic E-state index is 12.8. The fraction of sp³-hybridized carbons (Fsp3) is 0.238. The van der Waals surface area contributed by atoms with Gasteiger partial charge in [0.2, 0.25) is 11.1 Å². The van der Waals surface area contributed by atoms with Crippen LogP contribution in [0.5, 0.6) is 0 Å². The van der Waals surface area contributed by atoms with Crippen molar-refractivity contribution in [3.63, 3.8) is 0 Å². The van der Waals surface area contributed by atoms with Gasteiger partial charge in [-0.15, -0.1) is 5.10 Å². The number of carbonyl (C=O) groups excluding carboxylic acids is 1. The molecule has 0 saturated heterocycles. The minimum atomic E-state index is -0.272. The largest absolute Gasteiger partial charge is 0.328 e. The first-order valence-electron chi connectivity index (χ1n) is 9.36. The summed E-state index contributed by atoms with van der Waals surface area (Å²) in [6, 6.07) is 13.9. The number of nitrogens with one attached hydrogen (secondary N) is 1. The molecule has 28 heavy (non-hydrogen) atoms. The van der Waals surface area contributed by atoms with Crippen molar-refractivity contribution >= 4 is 23.5 Å². The smallest absolute Gasteiger partial charge is 0.227 e. The Morgan fingerprint density at radius 1 is 1.14 bits per heavy atom. The number of nitrogens with zero attached hydrogens (tertiary/aromatic N) is 4. The first kappa shape index (κ1) is 17.2. The lowest BCUT2D eigenvalue weighted by molar-refractivity contribution is -0.116. The Hall–Kier alpha value is -2.93. The molecule has 2 aliphatic rings. The number of anilines is 1. The van der Waals surface area contributed by atoms with Crippen LogP contribution < -0.4 is 5.32 Å². The Kier molecular flexibility index (Phi) is 4.44. The topological polar surface area (TPSA) is 72.7 Å². The zero-order chi connectivity index (χ0) is 18.9. The Morgan fingerprint density at radius 3 is 2.86 bits per heavy atom. The molecule has 140 valence electrons. The fourth-order valence-corrected chi connectivity index (χ4v) is 4.55. The maximum absolute atomic E-state index is 12.8. The summed E-state index contributed by atoms with van der Waals surface area (Å²) >= 11 is 1.60. The molecule has 5 rings (SSSR count). The average Bonchev–Trinajstić information content (AvgIpc) is 3.15. The lowest BCUT2D eigenvalue weighted by Gasteiger charge is -2.31. The van der Waals surface area contributed by atoms with Crippen molar-refractivity contribution in [1.29, 1.82) is 0 Å². The predicted molar refractivity (Wildman–Crippen MR) is 108 cm³/mol. The number of allylic oxidation sites excluding steroid dienone is 2. The number of Topliss-reactive ketones (excluding diaryl/α,β-unsaturated/α-hetero) is 1. The summed E-state index contributed by atoms with van der Waals surface area (Å²) in [6.45, 7) is 0. The Bertz CT molecular complexity index is 1050. The lowest BCUT2D eigenvalue weighted by Crippen LogP contribution is -2.31. The van der Waals surface area contributed by atoms with Crippen molar-refractivity contribution in [3.8, 4) is 0 Å². The van der Waals surface area contributed by atoms with Crippen molar-refractivity contribution in [3.05, 3.63) is 77.3 Å². The van der Waals surface area contributed by atoms with Crippen molar-refractivity contribution < 1.29 is 4.79 Å². The molecule has 0 fully saturated rings. The third-order valence-electron chi connectivity index (χ3n) is 5.06. The third-order valence-corrected chi connectivity index (χ3v) is 5.97. The molecule has 2 aromatic heterocycles. The van der Waals surface area contributed by atoms with Crippen LogP contribution in [0.15, 0.2) is 71.3 Å². The molecule has 0 saturated carbocycles. The summed E-state index contributed by atoms with van der Waals surface area (Å²) in [6.07, 6.45) is 5.86. The first-order valence-corrected chi connectivity index (χ1v) is 10.3. The van der Waals surface area contributed by atoms with E-state index in [2.05, 4.69) is 22.4 Å². The minimum absolute atomic E-state index is 0.183. The molecular weight excluding hydrogens is 370 g/mol. The van der Waals surface area contributed by atoms with E-state index >= 15 is 0 Å². The fourth-order valence-electron chi connectivity index (χ4n) is 3.77. The molecule has 0 amide bonds. The molecule has 3 heterocycles. The van der Waals surface area contributed by atoms with Gasteiger partial charge in [0.05, 0.1) is 0 Å². The van der Waals surface area contributed by atoms with Gasteiger partial charge in [-0.05, 0) is 30.0 Å². The van der Waals surface area contributed by atoms with Crippen LogP contribution in [0.1, 0.15) is 36.4 Å². The molecule has 7 heteroatoms. The third kappa shape index (κ3) is 3.11. The molecule has 6 nitrogen and oxygen atoms in total. The highest BCUT2D eigenvalue weighted by molar-refractivity contribution is 7.98. The monoisotopic (exact) mass is 389 g/mol. The Labute approximate surface area is 167 Å². The van der Waals surface area contributed by atoms with E-state index in [0.29, 0.717) is 17.5 Å². The molecule has 1 aliphatic carbocycles. The van der Waals surface area contributed by atoms with Crippen LogP contribution in [0.3, 0.4) is 0 Å². The molecule has 0 spiro atoms. The number of thioether (sulfide) groups is 1. The number of fused-ring (bicyclic) bond motifs is 1. The molecule has 0 unspecified atom stereocenters. The Morgan fingerprint density at radius 2 is 2.04 bits per heavy atom. The molecule has 0 bridgehead atoms. The molecule has 3 aromatic rings. The van der Waals surface area contributed by atoms with Crippen LogP contribution in [0.2, 0.25) is 0 Å². The number of ketones is 1. The van der Waals surface area contributed by atoms with Crippen molar-refractivity contribution in [2.24, 2.45) is 0 Å². The SMILES string of the molecule is O=C1CCCC2=C1[C@H](c1cccnc1)n1nc(SCc3ccccc3)nc1N2. The van der Waals surface area contributed by atoms with Crippen molar-refractivity contribution in [2.45, 2.75) is 36.2 Å². The number of rotatable bonds is 4. The zero-order valence-electron chi connectivity index (χ0n) is 15.2. The van der Waals surface area contributed by atoms with Crippen LogP contribution in [0.4, 0.5) is 5.95 Å². The number of hydrogen-bond donors (Lipinski definition) is 1. The molecule has 1 N–H and O–H groups in total. The van der Waals surface area contributed by atoms with Crippen LogP contribution in [0, 0.1) is 0 Å². The number of benzene rings is 1. The van der Waals surface area contributed by atoms with E-state index < -0.39 is 0 Å². The van der Waals surface area contributed by atoms with Gasteiger partial charge < -0.3 is 5.32 Å². The number of carbonyl (C=O) groups is 1. The van der Waals surface area contributed by atoms with Gasteiger partial charge in [-0.2, -0.15) is 4.98 Å². The molecule has 0 radical (unpaired) electrons. The lowest BCUT2D eigenvalue weighted by atomic mass is 9.86. The zero-order valence-corrected chi connectivity index (χ0v) is 16.0. The van der Waals surface area contributed by atoms with Gasteiger partial charge in [0.25, 0.3) is 0 Å². The summed E-state index contributed by atoms with van der Waals surface area (Å²) in [5.41, 5.74) is 3.96. The molecule has 1 aromatic carbocycles. The van der Waals surface area contributed by atoms with E-state index in [-0.39, 0.29) is 11.8 Å². The highest BCUT2D eigenvalue weighted by Gasteiger charge is 2.36. The second kappa shape index (κ2) is 7.24. The van der Waals surface area contributed by atoms with Gasteiger partial charge in [-0.1, -0.05) is 48.2 Å². The Balaban J connectivity index is 1.51. The van der Waals surface area contributed by atoms with Crippen LogP contribution in [-0.2, 0) is 10.5 Å². The normalized spacial score (nSPS) is 18.4. The number of aromatic nitrogens is 4. The van der Waals surface area contributed by atoms with Gasteiger partial charge in [0.15, 0.2) is 5.78 Å². The van der Waals surface area contributed by atoms with E-state index in [1.807, 2.05) is 41.2 Å². The molecule has 1 aliphatic heterocycles. The summed E-state index contributed by atoms with van der Waals surface area (Å²) < 4.78 is 1.84. The van der Waals surface area contributed by atoms with Crippen LogP contribution in [-0.4, -0.2) is 25.5 Å². The van der Waals surface area contributed by atoms with Gasteiger partial charge in [0.1, 0.15) is 6.04 Å². The number of pyridine rings is 1. The summed E-state index contributed by atoms with van der Waals surface area (Å²) in [5, 5.41) is 8.80. The predicted octanol–water partition coefficient (Wildman–Crippen LogP) is 3.99. The number of hydrogen-bond acceptors (Lipinski definition) is 6. The quantitative estimate of drug-likeness (QED) is 0.680. The summed E-state index contributed by atoms with van der Waals surface area (Å²) in [7, 11) is 0. The minimum Gasteiger partial charge on any atom is -0.328 e. The van der Waals surface area contributed by atoms with E-state index in [1.165, 1.54) is 5.56 Å². The van der Waals surface area contributed by atoms with Crippen LogP contribution >= 0.6 is 11.8 Å². The second-order valence-electron chi connectivity index (χ2n) is 6.92. The first-order chi connectivity index (χ1) is 13.8. The molecule has 1 atom stereocenters. The van der Waals surface area contributed by atoms with E-state index in [9.17, 15) is 4.79 Å². The summed E-state index contributed by atoms with van der Waals surface area (Å²) in [4.78, 5) is 21.7. The van der Waals surface area contributed by atoms with Crippen molar-refractivity contribution in [1.82, 2.24) is 19.7 Å². The van der Waals surface area contributed by atoms with Crippen LogP contribution in [0.25, 0.3) is 0 Å². The van der Waals surface area contributed by atoms with Gasteiger partial charge in [-0.3, -0.25) is 9.78 Å². The van der Waals surface area contributed by atoms with E-state index in [1.54, 1.807) is 18.0 Å². The maximum Gasteiger partial charge on any atom is 0.227 e. The standard InChI is InChI=1S/C21H19N5OS/c27-17-10-4-9-16-18(17)19(15-8-5-11-22-12-15)26-20(23-16)24-21(25-26)28-13-14-6-2-1-3-7-14/h1-3,5-8,11-12,19H,4,9-10,13H2,(H,23,24,25)/t19-/m0/s1. The van der Waals surface area contributed by atoms with E-state index in [4.69, 9.17) is 10.1 Å². The van der Waals surface area contributed by atoms with Gasteiger partial charge in [-0.25, -0.2) is 4.68 Å². The average molecular weight is 389 g/mol. The highest BCUT2D eigenvalue weighted by Crippen LogP contribution is 2.40. The van der Waals surface area contributed by atoms with E-state index in [0.717, 1.165) is 35.4 Å². The van der Waals surface area contributed by atoms with Gasteiger partial charge >= 0.3 is 0 Å². The van der Waals surface area contributed by atoms with Gasteiger partial charge in [0, 0.05) is 35.8 Å². The van der Waals surface area contributed by atoms with Crippen molar-refractivity contribution in [2.75, 3.05) is 5.32 Å². The summed E-state index contributed by atoms with van der Waals surface area (Å²) in [5.74, 6) is 1.67. The highest BCUT2D eigenvalue weighted by atomic mass is 32.2. The molecular formula is C21H19N5OS.